The van der Waals surface area contributed by atoms with Gasteiger partial charge in [0.25, 0.3) is 0 Å². The second-order valence-corrected chi connectivity index (χ2v) is 7.77. The van der Waals surface area contributed by atoms with Gasteiger partial charge in [-0.3, -0.25) is 9.69 Å². The predicted molar refractivity (Wildman–Crippen MR) is 95.9 cm³/mol. The van der Waals surface area contributed by atoms with E-state index in [2.05, 4.69) is 15.2 Å². The van der Waals surface area contributed by atoms with Crippen LogP contribution in [0.4, 0.5) is 10.8 Å². The molecule has 0 aliphatic heterocycles. The molecule has 5 nitrogen and oxygen atoms in total. The Balaban J connectivity index is 1.78. The standard InChI is InChI=1S/C14H11ClN4OS3/c1-9(20)19(12-4-2-10(15)3-5-12)13-17-11(6-21-13)7-22-14-18-16-8-23-14/h2-6,8H,7H2,1H3. The lowest BCUT2D eigenvalue weighted by Gasteiger charge is -2.17. The van der Waals surface area contributed by atoms with Gasteiger partial charge in [0.2, 0.25) is 5.91 Å². The maximum Gasteiger partial charge on any atom is 0.230 e. The minimum Gasteiger partial charge on any atom is -0.274 e. The SMILES string of the molecule is CC(=O)N(c1ccc(Cl)cc1)c1nc(CSc2nncs2)cs1. The molecule has 3 aromatic rings. The molecule has 0 N–H and O–H groups in total. The summed E-state index contributed by atoms with van der Waals surface area (Å²) in [6, 6.07) is 7.13. The van der Waals surface area contributed by atoms with E-state index in [9.17, 15) is 4.79 Å². The van der Waals surface area contributed by atoms with Crippen LogP contribution in [-0.4, -0.2) is 21.1 Å². The summed E-state index contributed by atoms with van der Waals surface area (Å²) in [4.78, 5) is 18.2. The van der Waals surface area contributed by atoms with Gasteiger partial charge in [-0.15, -0.1) is 21.5 Å². The second kappa shape index (κ2) is 7.39. The summed E-state index contributed by atoms with van der Waals surface area (Å²) in [6.07, 6.45) is 0. The van der Waals surface area contributed by atoms with E-state index in [0.717, 1.165) is 15.7 Å². The van der Waals surface area contributed by atoms with E-state index in [0.29, 0.717) is 15.9 Å². The molecular formula is C14H11ClN4OS3. The van der Waals surface area contributed by atoms with Crippen molar-refractivity contribution in [1.29, 1.82) is 0 Å². The van der Waals surface area contributed by atoms with Crippen molar-refractivity contribution in [3.8, 4) is 0 Å². The predicted octanol–water partition coefficient (Wildman–Crippen LogP) is 4.62. The highest BCUT2D eigenvalue weighted by molar-refractivity contribution is 8.00. The van der Waals surface area contributed by atoms with Crippen LogP contribution in [0.25, 0.3) is 0 Å². The molecular weight excluding hydrogens is 372 g/mol. The number of halogens is 1. The molecule has 9 heteroatoms. The highest BCUT2D eigenvalue weighted by Crippen LogP contribution is 2.31. The quantitative estimate of drug-likeness (QED) is 0.602. The number of thiazole rings is 1. The first kappa shape index (κ1) is 16.4. The molecule has 3 rings (SSSR count). The van der Waals surface area contributed by atoms with Gasteiger partial charge in [0.1, 0.15) is 5.51 Å². The van der Waals surface area contributed by atoms with Crippen LogP contribution < -0.4 is 4.90 Å². The smallest absolute Gasteiger partial charge is 0.230 e. The molecule has 0 radical (unpaired) electrons. The molecule has 0 unspecified atom stereocenters. The molecule has 0 aliphatic rings. The monoisotopic (exact) mass is 382 g/mol. The minimum atomic E-state index is -0.0926. The number of hydrogen-bond donors (Lipinski definition) is 0. The third-order valence-electron chi connectivity index (χ3n) is 2.81. The number of nitrogens with zero attached hydrogens (tertiary/aromatic N) is 4. The normalized spacial score (nSPS) is 10.7. The fraction of sp³-hybridized carbons (Fsp3) is 0.143. The Morgan fingerprint density at radius 2 is 2.09 bits per heavy atom. The van der Waals surface area contributed by atoms with Gasteiger partial charge in [-0.05, 0) is 24.3 Å². The molecule has 0 saturated carbocycles. The number of amides is 1. The van der Waals surface area contributed by atoms with Crippen LogP contribution in [-0.2, 0) is 10.5 Å². The number of carbonyl (C=O) groups is 1. The fourth-order valence-corrected chi connectivity index (χ4v) is 4.34. The number of aromatic nitrogens is 3. The first-order chi connectivity index (χ1) is 11.1. The molecule has 0 aliphatic carbocycles. The molecule has 2 heterocycles. The Kier molecular flexibility index (Phi) is 5.27. The van der Waals surface area contributed by atoms with Crippen LogP contribution in [0.1, 0.15) is 12.6 Å². The van der Waals surface area contributed by atoms with Crippen LogP contribution in [0.2, 0.25) is 5.02 Å². The molecule has 23 heavy (non-hydrogen) atoms. The molecule has 0 fully saturated rings. The van der Waals surface area contributed by atoms with Crippen molar-refractivity contribution in [2.75, 3.05) is 4.90 Å². The van der Waals surface area contributed by atoms with E-state index in [-0.39, 0.29) is 5.91 Å². The Bertz CT molecular complexity index is 789. The van der Waals surface area contributed by atoms with Crippen LogP contribution in [0.5, 0.6) is 0 Å². The van der Waals surface area contributed by atoms with Gasteiger partial charge in [0, 0.05) is 23.1 Å². The van der Waals surface area contributed by atoms with Crippen LogP contribution in [0, 0.1) is 0 Å². The van der Waals surface area contributed by atoms with Crippen molar-refractivity contribution < 1.29 is 4.79 Å². The number of benzene rings is 1. The third kappa shape index (κ3) is 4.08. The zero-order valence-electron chi connectivity index (χ0n) is 12.0. The average Bonchev–Trinajstić information content (AvgIpc) is 3.19. The molecule has 0 saturated heterocycles. The van der Waals surface area contributed by atoms with E-state index >= 15 is 0 Å². The first-order valence-corrected chi connectivity index (χ1v) is 9.65. The second-order valence-electron chi connectivity index (χ2n) is 4.45. The zero-order chi connectivity index (χ0) is 16.2. The van der Waals surface area contributed by atoms with Crippen LogP contribution in [0.3, 0.4) is 0 Å². The highest BCUT2D eigenvalue weighted by Gasteiger charge is 2.18. The van der Waals surface area contributed by atoms with E-state index in [1.165, 1.54) is 29.6 Å². The van der Waals surface area contributed by atoms with Gasteiger partial charge < -0.3 is 0 Å². The summed E-state index contributed by atoms with van der Waals surface area (Å²) in [6.45, 7) is 1.52. The maximum absolute atomic E-state index is 12.0. The summed E-state index contributed by atoms with van der Waals surface area (Å²) in [5.41, 5.74) is 3.36. The molecule has 0 atom stereocenters. The van der Waals surface area contributed by atoms with Gasteiger partial charge in [-0.2, -0.15) is 0 Å². The Morgan fingerprint density at radius 1 is 1.30 bits per heavy atom. The lowest BCUT2D eigenvalue weighted by molar-refractivity contribution is -0.115. The number of thioether (sulfide) groups is 1. The summed E-state index contributed by atoms with van der Waals surface area (Å²) >= 11 is 10.4. The average molecular weight is 383 g/mol. The third-order valence-corrected chi connectivity index (χ3v) is 5.83. The van der Waals surface area contributed by atoms with Gasteiger partial charge in [-0.25, -0.2) is 4.98 Å². The van der Waals surface area contributed by atoms with Crippen molar-refractivity contribution in [3.05, 3.63) is 45.9 Å². The van der Waals surface area contributed by atoms with E-state index in [1.807, 2.05) is 5.38 Å². The molecule has 0 bridgehead atoms. The van der Waals surface area contributed by atoms with Crippen LogP contribution in [0.15, 0.2) is 39.5 Å². The molecule has 118 valence electrons. The summed E-state index contributed by atoms with van der Waals surface area (Å²) < 4.78 is 0.903. The lowest BCUT2D eigenvalue weighted by atomic mass is 10.3. The van der Waals surface area contributed by atoms with Crippen molar-refractivity contribution in [2.24, 2.45) is 0 Å². The topological polar surface area (TPSA) is 59.0 Å². The lowest BCUT2D eigenvalue weighted by Crippen LogP contribution is -2.22. The first-order valence-electron chi connectivity index (χ1n) is 6.53. The summed E-state index contributed by atoms with van der Waals surface area (Å²) in [5.74, 6) is 0.600. The Morgan fingerprint density at radius 3 is 2.74 bits per heavy atom. The van der Waals surface area contributed by atoms with Crippen molar-refractivity contribution in [1.82, 2.24) is 15.2 Å². The molecule has 0 spiro atoms. The number of rotatable bonds is 5. The van der Waals surface area contributed by atoms with E-state index in [1.54, 1.807) is 46.4 Å². The highest BCUT2D eigenvalue weighted by atomic mass is 35.5. The molecule has 2 aromatic heterocycles. The van der Waals surface area contributed by atoms with Gasteiger partial charge >= 0.3 is 0 Å². The summed E-state index contributed by atoms with van der Waals surface area (Å²) in [7, 11) is 0. The largest absolute Gasteiger partial charge is 0.274 e. The van der Waals surface area contributed by atoms with Gasteiger partial charge in [-0.1, -0.05) is 34.7 Å². The minimum absolute atomic E-state index is 0.0926. The number of carbonyl (C=O) groups excluding carboxylic acids is 1. The van der Waals surface area contributed by atoms with Crippen molar-refractivity contribution >= 4 is 62.8 Å². The number of anilines is 2. The van der Waals surface area contributed by atoms with Crippen molar-refractivity contribution in [3.63, 3.8) is 0 Å². The fourth-order valence-electron chi connectivity index (χ4n) is 1.84. The Labute approximate surface area is 150 Å². The van der Waals surface area contributed by atoms with Gasteiger partial charge in [0.05, 0.1) is 11.4 Å². The zero-order valence-corrected chi connectivity index (χ0v) is 15.2. The summed E-state index contributed by atoms with van der Waals surface area (Å²) in [5, 5.41) is 11.0. The molecule has 1 amide bonds. The van der Waals surface area contributed by atoms with Crippen molar-refractivity contribution in [2.45, 2.75) is 17.0 Å². The molecule has 1 aromatic carbocycles. The maximum atomic E-state index is 12.0. The number of hydrogen-bond acceptors (Lipinski definition) is 7. The van der Waals surface area contributed by atoms with Gasteiger partial charge in [0.15, 0.2) is 9.47 Å². The Hall–Kier alpha value is -1.48. The van der Waals surface area contributed by atoms with Crippen LogP contribution >= 0.6 is 46.0 Å². The van der Waals surface area contributed by atoms with E-state index in [4.69, 9.17) is 11.6 Å². The van der Waals surface area contributed by atoms with E-state index < -0.39 is 0 Å².